The molecule has 0 bridgehead atoms. The maximum Gasteiger partial charge on any atom is 0.324 e. The van der Waals surface area contributed by atoms with Gasteiger partial charge in [-0.15, -0.1) is 0 Å². The molecule has 1 aromatic rings. The maximum atomic E-state index is 13.0. The summed E-state index contributed by atoms with van der Waals surface area (Å²) in [5.41, 5.74) is 4.08. The molecule has 164 valence electrons. The lowest BCUT2D eigenvalue weighted by molar-refractivity contribution is -0.116. The number of amides is 3. The molecule has 2 saturated carbocycles. The summed E-state index contributed by atoms with van der Waals surface area (Å²) in [6, 6.07) is 6.51. The second-order valence-corrected chi connectivity index (χ2v) is 9.90. The zero-order chi connectivity index (χ0) is 21.3. The molecular weight excluding hydrogens is 376 g/mol. The average molecular weight is 413 g/mol. The van der Waals surface area contributed by atoms with Gasteiger partial charge < -0.3 is 10.1 Å². The Labute approximate surface area is 180 Å². The number of carbonyl (C=O) groups excluding carboxylic acids is 2. The van der Waals surface area contributed by atoms with Gasteiger partial charge in [0, 0.05) is 13.2 Å². The molecular formula is C25H36N2O3. The predicted octanol–water partition coefficient (Wildman–Crippen LogP) is 5.09. The van der Waals surface area contributed by atoms with E-state index >= 15 is 0 Å². The molecule has 3 aliphatic carbocycles. The van der Waals surface area contributed by atoms with Crippen LogP contribution in [0.1, 0.15) is 93.9 Å². The minimum Gasteiger partial charge on any atom is -0.381 e. The van der Waals surface area contributed by atoms with E-state index in [2.05, 4.69) is 23.5 Å². The third-order valence-electron chi connectivity index (χ3n) is 7.90. The standard InChI is InChI=1S/C25H36N2O3/c1-17(2)27(16-28)24(29)26-23-22-14-19(18-6-4-5-7-18)8-9-20(22)15-25(23)12-10-21(30-3)11-13-25/h8-9,14,16-18,21,23H,4-7,10-13,15H2,1-3H3,(H,26,29)/t21-,23?,25-. The van der Waals surface area contributed by atoms with Crippen LogP contribution in [0, 0.1) is 5.41 Å². The molecule has 0 heterocycles. The van der Waals surface area contributed by atoms with Gasteiger partial charge in [0.1, 0.15) is 0 Å². The Kier molecular flexibility index (Phi) is 6.19. The SMILES string of the molecule is CO[C@H]1CC[C@]2(CC1)Cc1ccc(C3CCCC3)cc1C2NC(=O)N(C=O)C(C)C. The van der Waals surface area contributed by atoms with Gasteiger partial charge in [-0.25, -0.2) is 4.79 Å². The first-order chi connectivity index (χ1) is 14.5. The van der Waals surface area contributed by atoms with Gasteiger partial charge in [-0.3, -0.25) is 9.69 Å². The molecule has 0 saturated heterocycles. The summed E-state index contributed by atoms with van der Waals surface area (Å²) in [5.74, 6) is 0.648. The van der Waals surface area contributed by atoms with E-state index in [9.17, 15) is 9.59 Å². The van der Waals surface area contributed by atoms with Crippen LogP contribution in [0.25, 0.3) is 0 Å². The van der Waals surface area contributed by atoms with Crippen molar-refractivity contribution in [1.82, 2.24) is 10.2 Å². The summed E-state index contributed by atoms with van der Waals surface area (Å²) in [5, 5.41) is 3.29. The summed E-state index contributed by atoms with van der Waals surface area (Å²) < 4.78 is 5.62. The van der Waals surface area contributed by atoms with Gasteiger partial charge in [0.25, 0.3) is 0 Å². The number of hydrogen-bond donors (Lipinski definition) is 1. The van der Waals surface area contributed by atoms with Crippen LogP contribution >= 0.6 is 0 Å². The van der Waals surface area contributed by atoms with Crippen LogP contribution in [0.5, 0.6) is 0 Å². The minimum absolute atomic E-state index is 0.0207. The second-order valence-electron chi connectivity index (χ2n) is 9.90. The fourth-order valence-corrected chi connectivity index (χ4v) is 6.07. The van der Waals surface area contributed by atoms with Crippen LogP contribution in [0.15, 0.2) is 18.2 Å². The predicted molar refractivity (Wildman–Crippen MR) is 117 cm³/mol. The molecule has 1 atom stereocenters. The van der Waals surface area contributed by atoms with E-state index in [1.165, 1.54) is 47.3 Å². The largest absolute Gasteiger partial charge is 0.381 e. The monoisotopic (exact) mass is 412 g/mol. The van der Waals surface area contributed by atoms with Crippen LogP contribution < -0.4 is 5.32 Å². The molecule has 2 fully saturated rings. The highest BCUT2D eigenvalue weighted by molar-refractivity contribution is 5.85. The number of carbonyl (C=O) groups is 2. The molecule has 1 spiro atoms. The highest BCUT2D eigenvalue weighted by atomic mass is 16.5. The summed E-state index contributed by atoms with van der Waals surface area (Å²) in [7, 11) is 1.80. The molecule has 0 aliphatic heterocycles. The van der Waals surface area contributed by atoms with Gasteiger partial charge >= 0.3 is 6.03 Å². The van der Waals surface area contributed by atoms with Crippen molar-refractivity contribution in [2.75, 3.05) is 7.11 Å². The van der Waals surface area contributed by atoms with Gasteiger partial charge in [-0.2, -0.15) is 0 Å². The zero-order valence-electron chi connectivity index (χ0n) is 18.7. The van der Waals surface area contributed by atoms with Crippen LogP contribution in [0.2, 0.25) is 0 Å². The highest BCUT2D eigenvalue weighted by Crippen LogP contribution is 2.55. The number of benzene rings is 1. The molecule has 1 N–H and O–H groups in total. The van der Waals surface area contributed by atoms with E-state index in [0.717, 1.165) is 32.1 Å². The fourth-order valence-electron chi connectivity index (χ4n) is 6.07. The number of nitrogens with zero attached hydrogens (tertiary/aromatic N) is 1. The van der Waals surface area contributed by atoms with Crippen molar-refractivity contribution in [3.63, 3.8) is 0 Å². The third kappa shape index (κ3) is 3.89. The highest BCUT2D eigenvalue weighted by Gasteiger charge is 2.49. The average Bonchev–Trinajstić information content (AvgIpc) is 3.36. The van der Waals surface area contributed by atoms with Crippen LogP contribution in [0.3, 0.4) is 0 Å². The van der Waals surface area contributed by atoms with E-state index in [0.29, 0.717) is 18.4 Å². The number of ether oxygens (including phenoxy) is 1. The minimum atomic E-state index is -0.280. The maximum absolute atomic E-state index is 13.0. The Bertz CT molecular complexity index is 777. The molecule has 30 heavy (non-hydrogen) atoms. The topological polar surface area (TPSA) is 58.6 Å². The summed E-state index contributed by atoms with van der Waals surface area (Å²) in [6.07, 6.45) is 11.2. The van der Waals surface area contributed by atoms with Gasteiger partial charge in [0.2, 0.25) is 6.41 Å². The Balaban J connectivity index is 1.65. The van der Waals surface area contributed by atoms with Crippen molar-refractivity contribution in [3.05, 3.63) is 34.9 Å². The Morgan fingerprint density at radius 1 is 1.20 bits per heavy atom. The van der Waals surface area contributed by atoms with Gasteiger partial charge in [-0.05, 0) is 86.8 Å². The molecule has 0 aromatic heterocycles. The first-order valence-corrected chi connectivity index (χ1v) is 11.7. The van der Waals surface area contributed by atoms with Gasteiger partial charge in [0.05, 0.1) is 12.1 Å². The number of imide groups is 1. The zero-order valence-corrected chi connectivity index (χ0v) is 18.7. The van der Waals surface area contributed by atoms with E-state index < -0.39 is 0 Å². The number of urea groups is 1. The molecule has 4 rings (SSSR count). The third-order valence-corrected chi connectivity index (χ3v) is 7.90. The van der Waals surface area contributed by atoms with Crippen molar-refractivity contribution in [1.29, 1.82) is 0 Å². The van der Waals surface area contributed by atoms with Crippen LogP contribution in [0.4, 0.5) is 4.79 Å². The molecule has 0 radical (unpaired) electrons. The lowest BCUT2D eigenvalue weighted by Gasteiger charge is -2.42. The lowest BCUT2D eigenvalue weighted by Crippen LogP contribution is -2.48. The first-order valence-electron chi connectivity index (χ1n) is 11.7. The number of nitrogens with one attached hydrogen (secondary N) is 1. The van der Waals surface area contributed by atoms with Crippen molar-refractivity contribution >= 4 is 12.4 Å². The quantitative estimate of drug-likeness (QED) is 0.685. The summed E-state index contributed by atoms with van der Waals surface area (Å²) in [4.78, 5) is 25.8. The Hall–Kier alpha value is -1.88. The lowest BCUT2D eigenvalue weighted by atomic mass is 9.68. The fraction of sp³-hybridized carbons (Fsp3) is 0.680. The molecule has 1 unspecified atom stereocenters. The van der Waals surface area contributed by atoms with E-state index in [1.807, 2.05) is 13.8 Å². The number of fused-ring (bicyclic) bond motifs is 1. The van der Waals surface area contributed by atoms with Crippen LogP contribution in [-0.4, -0.2) is 36.6 Å². The normalized spacial score (nSPS) is 28.7. The molecule has 1 aromatic carbocycles. The second kappa shape index (κ2) is 8.70. The van der Waals surface area contributed by atoms with Crippen molar-refractivity contribution in [3.8, 4) is 0 Å². The van der Waals surface area contributed by atoms with Crippen LogP contribution in [-0.2, 0) is 16.0 Å². The van der Waals surface area contributed by atoms with E-state index in [-0.39, 0.29) is 23.5 Å². The first kappa shape index (κ1) is 21.4. The summed E-state index contributed by atoms with van der Waals surface area (Å²) in [6.45, 7) is 3.74. The Morgan fingerprint density at radius 3 is 2.50 bits per heavy atom. The molecule has 3 aliphatic rings. The number of methoxy groups -OCH3 is 1. The van der Waals surface area contributed by atoms with Gasteiger partial charge in [0.15, 0.2) is 0 Å². The van der Waals surface area contributed by atoms with Crippen molar-refractivity contribution in [2.24, 2.45) is 5.41 Å². The smallest absolute Gasteiger partial charge is 0.324 e. The molecule has 3 amide bonds. The number of rotatable bonds is 5. The molecule has 5 nitrogen and oxygen atoms in total. The van der Waals surface area contributed by atoms with E-state index in [4.69, 9.17) is 4.74 Å². The van der Waals surface area contributed by atoms with Gasteiger partial charge in [-0.1, -0.05) is 31.0 Å². The Morgan fingerprint density at radius 2 is 1.90 bits per heavy atom. The van der Waals surface area contributed by atoms with Crippen molar-refractivity contribution < 1.29 is 14.3 Å². The molecule has 5 heteroatoms. The van der Waals surface area contributed by atoms with E-state index in [1.54, 1.807) is 7.11 Å². The van der Waals surface area contributed by atoms with Crippen molar-refractivity contribution in [2.45, 2.75) is 95.7 Å². The summed E-state index contributed by atoms with van der Waals surface area (Å²) >= 11 is 0. The number of hydrogen-bond acceptors (Lipinski definition) is 3.